The quantitative estimate of drug-likeness (QED) is 0.799. The Morgan fingerprint density at radius 3 is 2.57 bits per heavy atom. The molecule has 0 aromatic heterocycles. The van der Waals surface area contributed by atoms with Gasteiger partial charge in [0.1, 0.15) is 5.82 Å². The normalized spacial score (nSPS) is 10.8. The van der Waals surface area contributed by atoms with Crippen molar-refractivity contribution in [1.29, 1.82) is 0 Å². The zero-order valence-corrected chi connectivity index (χ0v) is 8.31. The predicted molar refractivity (Wildman–Crippen MR) is 53.1 cm³/mol. The molecule has 0 bridgehead atoms. The summed E-state index contributed by atoms with van der Waals surface area (Å²) in [6.07, 6.45) is 1.88. The van der Waals surface area contributed by atoms with Crippen LogP contribution in [-0.2, 0) is 4.79 Å². The second kappa shape index (κ2) is 4.44. The standard InChI is InChI=1S/C9H5Cl2FO2/c10-5-3-7(11)6(8(12)4-5)1-2-9(13)14/h1-4H,(H,13,14)/b2-1+. The summed E-state index contributed by atoms with van der Waals surface area (Å²) in [6.45, 7) is 0. The van der Waals surface area contributed by atoms with Gasteiger partial charge in [-0.1, -0.05) is 23.2 Å². The highest BCUT2D eigenvalue weighted by Crippen LogP contribution is 2.25. The maximum absolute atomic E-state index is 13.1. The van der Waals surface area contributed by atoms with Crippen LogP contribution in [0.3, 0.4) is 0 Å². The average Bonchev–Trinajstić information content (AvgIpc) is 2.01. The van der Waals surface area contributed by atoms with Gasteiger partial charge in [0.25, 0.3) is 0 Å². The fraction of sp³-hybridized carbons (Fsp3) is 0. The molecule has 0 heterocycles. The van der Waals surface area contributed by atoms with E-state index in [-0.39, 0.29) is 15.6 Å². The number of halogens is 3. The van der Waals surface area contributed by atoms with Crippen LogP contribution in [0.15, 0.2) is 18.2 Å². The molecule has 0 atom stereocenters. The second-order valence-corrected chi connectivity index (χ2v) is 3.30. The van der Waals surface area contributed by atoms with E-state index in [4.69, 9.17) is 28.3 Å². The largest absolute Gasteiger partial charge is 0.478 e. The lowest BCUT2D eigenvalue weighted by atomic mass is 10.2. The highest BCUT2D eigenvalue weighted by Gasteiger charge is 2.06. The first-order chi connectivity index (χ1) is 6.50. The SMILES string of the molecule is O=C(O)/C=C/c1c(F)cc(Cl)cc1Cl. The van der Waals surface area contributed by atoms with Crippen molar-refractivity contribution in [3.8, 4) is 0 Å². The van der Waals surface area contributed by atoms with Crippen LogP contribution in [-0.4, -0.2) is 11.1 Å². The molecule has 0 fully saturated rings. The third kappa shape index (κ3) is 2.72. The molecule has 0 unspecified atom stereocenters. The summed E-state index contributed by atoms with van der Waals surface area (Å²) in [5.74, 6) is -1.82. The zero-order chi connectivity index (χ0) is 10.7. The molecule has 0 aliphatic carbocycles. The van der Waals surface area contributed by atoms with E-state index in [1.165, 1.54) is 6.07 Å². The minimum Gasteiger partial charge on any atom is -0.478 e. The molecule has 5 heteroatoms. The Morgan fingerprint density at radius 1 is 1.43 bits per heavy atom. The molecule has 0 saturated heterocycles. The van der Waals surface area contributed by atoms with Gasteiger partial charge in [-0.05, 0) is 18.2 Å². The first kappa shape index (κ1) is 11.0. The third-order valence-corrected chi connectivity index (χ3v) is 1.97. The Balaban J connectivity index is 3.15. The number of benzene rings is 1. The van der Waals surface area contributed by atoms with Gasteiger partial charge in [-0.2, -0.15) is 0 Å². The molecule has 14 heavy (non-hydrogen) atoms. The second-order valence-electron chi connectivity index (χ2n) is 2.45. The maximum Gasteiger partial charge on any atom is 0.328 e. The van der Waals surface area contributed by atoms with Gasteiger partial charge in [0.2, 0.25) is 0 Å². The molecule has 0 aliphatic rings. The van der Waals surface area contributed by atoms with Crippen LogP contribution in [0, 0.1) is 5.82 Å². The summed E-state index contributed by atoms with van der Waals surface area (Å²) in [5, 5.41) is 8.58. The van der Waals surface area contributed by atoms with E-state index < -0.39 is 11.8 Å². The van der Waals surface area contributed by atoms with Crippen molar-refractivity contribution < 1.29 is 14.3 Å². The fourth-order valence-corrected chi connectivity index (χ4v) is 1.40. The van der Waals surface area contributed by atoms with Crippen molar-refractivity contribution in [2.45, 2.75) is 0 Å². The Labute approximate surface area is 89.6 Å². The van der Waals surface area contributed by atoms with Gasteiger partial charge < -0.3 is 5.11 Å². The molecule has 1 N–H and O–H groups in total. The molecular weight excluding hydrogens is 230 g/mol. The monoisotopic (exact) mass is 234 g/mol. The van der Waals surface area contributed by atoms with Crippen LogP contribution < -0.4 is 0 Å². The van der Waals surface area contributed by atoms with Crippen LogP contribution in [0.25, 0.3) is 6.08 Å². The number of hydrogen-bond acceptors (Lipinski definition) is 1. The Bertz CT molecular complexity index is 379. The van der Waals surface area contributed by atoms with Gasteiger partial charge in [0.05, 0.1) is 5.02 Å². The molecule has 74 valence electrons. The van der Waals surface area contributed by atoms with Gasteiger partial charge >= 0.3 is 5.97 Å². The van der Waals surface area contributed by atoms with Crippen LogP contribution >= 0.6 is 23.2 Å². The summed E-state index contributed by atoms with van der Waals surface area (Å²) < 4.78 is 13.1. The molecule has 1 rings (SSSR count). The summed E-state index contributed by atoms with van der Waals surface area (Å²) >= 11 is 11.2. The summed E-state index contributed by atoms with van der Waals surface area (Å²) in [5.41, 5.74) is 0.0125. The van der Waals surface area contributed by atoms with Gasteiger partial charge in [-0.25, -0.2) is 9.18 Å². The van der Waals surface area contributed by atoms with E-state index in [2.05, 4.69) is 0 Å². The molecule has 0 spiro atoms. The van der Waals surface area contributed by atoms with Crippen molar-refractivity contribution in [2.75, 3.05) is 0 Å². The molecule has 0 saturated carbocycles. The average molecular weight is 235 g/mol. The van der Waals surface area contributed by atoms with E-state index in [9.17, 15) is 9.18 Å². The van der Waals surface area contributed by atoms with Crippen LogP contribution in [0.4, 0.5) is 4.39 Å². The molecule has 2 nitrogen and oxygen atoms in total. The van der Waals surface area contributed by atoms with Crippen molar-refractivity contribution in [2.24, 2.45) is 0 Å². The highest BCUT2D eigenvalue weighted by molar-refractivity contribution is 6.35. The van der Waals surface area contributed by atoms with E-state index >= 15 is 0 Å². The van der Waals surface area contributed by atoms with E-state index in [1.807, 2.05) is 0 Å². The van der Waals surface area contributed by atoms with Gasteiger partial charge in [0, 0.05) is 16.7 Å². The van der Waals surface area contributed by atoms with Crippen molar-refractivity contribution in [3.05, 3.63) is 39.6 Å². The molecule has 0 radical (unpaired) electrons. The van der Waals surface area contributed by atoms with Gasteiger partial charge in [-0.15, -0.1) is 0 Å². The zero-order valence-electron chi connectivity index (χ0n) is 6.80. The molecule has 0 amide bonds. The van der Waals surface area contributed by atoms with Gasteiger partial charge in [0.15, 0.2) is 0 Å². The van der Waals surface area contributed by atoms with Gasteiger partial charge in [-0.3, -0.25) is 0 Å². The maximum atomic E-state index is 13.1. The van der Waals surface area contributed by atoms with Crippen LogP contribution in [0.5, 0.6) is 0 Å². The predicted octanol–water partition coefficient (Wildman–Crippen LogP) is 3.23. The number of carboxylic acid groups (broad SMARTS) is 1. The van der Waals surface area contributed by atoms with E-state index in [0.29, 0.717) is 0 Å². The van der Waals surface area contributed by atoms with E-state index in [0.717, 1.165) is 18.2 Å². The number of hydrogen-bond donors (Lipinski definition) is 1. The Kier molecular flexibility index (Phi) is 3.49. The third-order valence-electron chi connectivity index (χ3n) is 1.44. The van der Waals surface area contributed by atoms with E-state index in [1.54, 1.807) is 0 Å². The molecule has 0 aliphatic heterocycles. The minimum atomic E-state index is -1.17. The smallest absolute Gasteiger partial charge is 0.328 e. The topological polar surface area (TPSA) is 37.3 Å². The summed E-state index contributed by atoms with van der Waals surface area (Å²) in [4.78, 5) is 10.2. The number of aliphatic carboxylic acids is 1. The highest BCUT2D eigenvalue weighted by atomic mass is 35.5. The lowest BCUT2D eigenvalue weighted by Gasteiger charge is -2.00. The number of rotatable bonds is 2. The molecular formula is C9H5Cl2FO2. The fourth-order valence-electron chi connectivity index (χ4n) is 0.867. The molecule has 1 aromatic carbocycles. The number of carbonyl (C=O) groups is 1. The lowest BCUT2D eigenvalue weighted by Crippen LogP contribution is -1.88. The summed E-state index contributed by atoms with van der Waals surface area (Å²) in [6, 6.07) is 2.41. The van der Waals surface area contributed by atoms with Crippen molar-refractivity contribution >= 4 is 35.2 Å². The number of carboxylic acids is 1. The van der Waals surface area contributed by atoms with Crippen LogP contribution in [0.2, 0.25) is 10.0 Å². The molecule has 1 aromatic rings. The summed E-state index contributed by atoms with van der Waals surface area (Å²) in [7, 11) is 0. The van der Waals surface area contributed by atoms with Crippen LogP contribution in [0.1, 0.15) is 5.56 Å². The first-order valence-electron chi connectivity index (χ1n) is 3.56. The minimum absolute atomic E-state index is 0.0125. The Hall–Kier alpha value is -1.06. The first-order valence-corrected chi connectivity index (χ1v) is 4.32. The van der Waals surface area contributed by atoms with Crippen molar-refractivity contribution in [1.82, 2.24) is 0 Å². The Morgan fingerprint density at radius 2 is 2.07 bits per heavy atom. The lowest BCUT2D eigenvalue weighted by molar-refractivity contribution is -0.131. The van der Waals surface area contributed by atoms with Crippen molar-refractivity contribution in [3.63, 3.8) is 0 Å².